The number of hydrogen-bond acceptors (Lipinski definition) is 3. The highest BCUT2D eigenvalue weighted by Gasteiger charge is 2.38. The van der Waals surface area contributed by atoms with Gasteiger partial charge < -0.3 is 19.7 Å². The fourth-order valence-electron chi connectivity index (χ4n) is 5.22. The van der Waals surface area contributed by atoms with Gasteiger partial charge in [0, 0.05) is 48.7 Å². The van der Waals surface area contributed by atoms with Crippen LogP contribution in [0.15, 0.2) is 48.5 Å². The number of alkyl halides is 1. The van der Waals surface area contributed by atoms with Gasteiger partial charge in [-0.3, -0.25) is 4.79 Å². The van der Waals surface area contributed by atoms with Crippen molar-refractivity contribution in [3.8, 4) is 0 Å². The number of nitrogens with zero attached hydrogens (tertiary/aromatic N) is 1. The normalized spacial score (nSPS) is 23.0. The molecule has 6 heteroatoms. The molecule has 5 nitrogen and oxygen atoms in total. The largest absolute Gasteiger partial charge is 0.385 e. The maximum Gasteiger partial charge on any atom is 0.238 e. The van der Waals surface area contributed by atoms with E-state index in [-0.39, 0.29) is 23.9 Å². The molecular weight excluding hydrogens is 412 g/mol. The first kappa shape index (κ1) is 20.6. The Labute approximate surface area is 187 Å². The lowest BCUT2D eigenvalue weighted by Crippen LogP contribution is -2.47. The fourth-order valence-corrected chi connectivity index (χ4v) is 5.36. The summed E-state index contributed by atoms with van der Waals surface area (Å²) in [7, 11) is 0. The molecule has 2 aliphatic heterocycles. The standard InChI is InChI=1S/C25H27ClN2O3/c1-16-14-20-19-4-2-3-5-21(19)27-23(20)24(28(16)22(29)15-26)17-6-8-18(9-7-17)25(30)10-12-31-13-11-25/h2-9,16,24,27,30H,10-15H2,1H3/t16-,24-/m0/s1. The Morgan fingerprint density at radius 1 is 1.19 bits per heavy atom. The van der Waals surface area contributed by atoms with Crippen LogP contribution in [-0.2, 0) is 21.6 Å². The number of aromatic amines is 1. The first-order valence-electron chi connectivity index (χ1n) is 10.9. The minimum absolute atomic E-state index is 0.0299. The van der Waals surface area contributed by atoms with Crippen molar-refractivity contribution in [2.75, 3.05) is 19.1 Å². The zero-order valence-electron chi connectivity index (χ0n) is 17.6. The number of halogens is 1. The smallest absolute Gasteiger partial charge is 0.238 e. The summed E-state index contributed by atoms with van der Waals surface area (Å²) in [6, 6.07) is 16.1. The zero-order chi connectivity index (χ0) is 21.6. The van der Waals surface area contributed by atoms with Gasteiger partial charge in [-0.05, 0) is 36.1 Å². The summed E-state index contributed by atoms with van der Waals surface area (Å²) >= 11 is 6.01. The fraction of sp³-hybridized carbons (Fsp3) is 0.400. The first-order chi connectivity index (χ1) is 15.0. The van der Waals surface area contributed by atoms with Crippen molar-refractivity contribution in [3.05, 3.63) is 70.9 Å². The van der Waals surface area contributed by atoms with Crippen LogP contribution < -0.4 is 0 Å². The number of rotatable bonds is 3. The zero-order valence-corrected chi connectivity index (χ0v) is 18.4. The number of carbonyl (C=O) groups excluding carboxylic acids is 1. The van der Waals surface area contributed by atoms with Gasteiger partial charge in [-0.15, -0.1) is 11.6 Å². The van der Waals surface area contributed by atoms with Crippen molar-refractivity contribution in [1.29, 1.82) is 0 Å². The van der Waals surface area contributed by atoms with Crippen LogP contribution in [0.2, 0.25) is 0 Å². The van der Waals surface area contributed by atoms with E-state index >= 15 is 0 Å². The summed E-state index contributed by atoms with van der Waals surface area (Å²) in [5.41, 5.74) is 4.45. The Balaban J connectivity index is 1.60. The predicted octanol–water partition coefficient (Wildman–Crippen LogP) is 4.27. The van der Waals surface area contributed by atoms with E-state index in [4.69, 9.17) is 16.3 Å². The third kappa shape index (κ3) is 3.45. The summed E-state index contributed by atoms with van der Waals surface area (Å²) in [5, 5.41) is 12.3. The SMILES string of the molecule is C[C@H]1Cc2c([nH]c3ccccc23)[C@H](c2ccc(C3(O)CCOCC3)cc2)N1C(=O)CCl. The molecule has 31 heavy (non-hydrogen) atoms. The molecule has 0 radical (unpaired) electrons. The van der Waals surface area contributed by atoms with E-state index in [1.165, 1.54) is 10.9 Å². The molecule has 0 spiro atoms. The summed E-state index contributed by atoms with van der Waals surface area (Å²) in [6.07, 6.45) is 1.97. The monoisotopic (exact) mass is 438 g/mol. The molecule has 2 N–H and O–H groups in total. The molecule has 2 aliphatic rings. The molecule has 5 rings (SSSR count). The highest BCUT2D eigenvalue weighted by atomic mass is 35.5. The quantitative estimate of drug-likeness (QED) is 0.600. The second kappa shape index (κ2) is 7.97. The van der Waals surface area contributed by atoms with Crippen LogP contribution in [0.1, 0.15) is 48.2 Å². The number of para-hydroxylation sites is 1. The van der Waals surface area contributed by atoms with E-state index < -0.39 is 5.60 Å². The maximum atomic E-state index is 12.9. The Hall–Kier alpha value is -2.34. The maximum absolute atomic E-state index is 12.9. The van der Waals surface area contributed by atoms with Gasteiger partial charge in [-0.1, -0.05) is 42.5 Å². The van der Waals surface area contributed by atoms with Gasteiger partial charge in [0.2, 0.25) is 5.91 Å². The molecule has 2 aromatic carbocycles. The number of hydrogen-bond donors (Lipinski definition) is 2. The number of carbonyl (C=O) groups is 1. The number of amides is 1. The number of nitrogens with one attached hydrogen (secondary N) is 1. The molecule has 162 valence electrons. The molecule has 0 saturated carbocycles. The van der Waals surface area contributed by atoms with Gasteiger partial charge in [0.05, 0.1) is 11.6 Å². The van der Waals surface area contributed by atoms with E-state index in [1.54, 1.807) is 0 Å². The lowest BCUT2D eigenvalue weighted by molar-refractivity contribution is -0.133. The minimum Gasteiger partial charge on any atom is -0.385 e. The highest BCUT2D eigenvalue weighted by molar-refractivity contribution is 6.27. The van der Waals surface area contributed by atoms with Gasteiger partial charge >= 0.3 is 0 Å². The Bertz CT molecular complexity index is 1100. The van der Waals surface area contributed by atoms with Crippen LogP contribution in [0, 0.1) is 0 Å². The van der Waals surface area contributed by atoms with Crippen LogP contribution in [0.4, 0.5) is 0 Å². The molecule has 0 unspecified atom stereocenters. The highest BCUT2D eigenvalue weighted by Crippen LogP contribution is 2.41. The molecule has 1 aromatic heterocycles. The van der Waals surface area contributed by atoms with Gasteiger partial charge in [0.15, 0.2) is 0 Å². The van der Waals surface area contributed by atoms with Crippen molar-refractivity contribution in [3.63, 3.8) is 0 Å². The molecule has 2 atom stereocenters. The van der Waals surface area contributed by atoms with Gasteiger partial charge in [0.1, 0.15) is 5.88 Å². The number of benzene rings is 2. The summed E-state index contributed by atoms with van der Waals surface area (Å²) in [4.78, 5) is 18.4. The number of fused-ring (bicyclic) bond motifs is 3. The molecule has 1 fully saturated rings. The average Bonchev–Trinajstić information content (AvgIpc) is 3.16. The molecule has 3 heterocycles. The Morgan fingerprint density at radius 3 is 2.61 bits per heavy atom. The first-order valence-corrected chi connectivity index (χ1v) is 11.4. The number of aliphatic hydroxyl groups is 1. The summed E-state index contributed by atoms with van der Waals surface area (Å²) < 4.78 is 5.42. The van der Waals surface area contributed by atoms with Gasteiger partial charge in [-0.25, -0.2) is 0 Å². The van der Waals surface area contributed by atoms with Gasteiger partial charge in [-0.2, -0.15) is 0 Å². The van der Waals surface area contributed by atoms with Crippen LogP contribution in [0.25, 0.3) is 10.9 Å². The van der Waals surface area contributed by atoms with E-state index in [9.17, 15) is 9.90 Å². The minimum atomic E-state index is -0.853. The van der Waals surface area contributed by atoms with E-state index in [1.807, 2.05) is 35.2 Å². The lowest BCUT2D eigenvalue weighted by Gasteiger charge is -2.41. The average molecular weight is 439 g/mol. The van der Waals surface area contributed by atoms with Crippen molar-refractivity contribution in [1.82, 2.24) is 9.88 Å². The van der Waals surface area contributed by atoms with Crippen molar-refractivity contribution < 1.29 is 14.6 Å². The number of ether oxygens (including phenoxy) is 1. The second-order valence-electron chi connectivity index (χ2n) is 8.72. The van der Waals surface area contributed by atoms with Crippen LogP contribution in [0.5, 0.6) is 0 Å². The summed E-state index contributed by atoms with van der Waals surface area (Å²) in [5.74, 6) is -0.121. The Kier molecular flexibility index (Phi) is 5.29. The molecule has 1 amide bonds. The van der Waals surface area contributed by atoms with Crippen LogP contribution in [-0.4, -0.2) is 46.0 Å². The molecule has 0 aliphatic carbocycles. The van der Waals surface area contributed by atoms with E-state index in [0.717, 1.165) is 28.8 Å². The predicted molar refractivity (Wildman–Crippen MR) is 121 cm³/mol. The number of aromatic nitrogens is 1. The van der Waals surface area contributed by atoms with Crippen LogP contribution >= 0.6 is 11.6 Å². The van der Waals surface area contributed by atoms with Crippen molar-refractivity contribution in [2.24, 2.45) is 0 Å². The molecule has 1 saturated heterocycles. The third-order valence-corrected chi connectivity index (χ3v) is 7.09. The summed E-state index contributed by atoms with van der Waals surface area (Å²) in [6.45, 7) is 3.21. The second-order valence-corrected chi connectivity index (χ2v) is 8.99. The topological polar surface area (TPSA) is 65.6 Å². The lowest BCUT2D eigenvalue weighted by atomic mass is 9.84. The van der Waals surface area contributed by atoms with Crippen molar-refractivity contribution >= 4 is 28.4 Å². The van der Waals surface area contributed by atoms with E-state index in [0.29, 0.717) is 26.1 Å². The van der Waals surface area contributed by atoms with Crippen LogP contribution in [0.3, 0.4) is 0 Å². The number of H-pyrrole nitrogens is 1. The Morgan fingerprint density at radius 2 is 1.90 bits per heavy atom. The third-order valence-electron chi connectivity index (χ3n) is 6.86. The molecule has 3 aromatic rings. The molecular formula is C25H27ClN2O3. The molecule has 0 bridgehead atoms. The van der Waals surface area contributed by atoms with Gasteiger partial charge in [0.25, 0.3) is 0 Å². The van der Waals surface area contributed by atoms with Crippen molar-refractivity contribution in [2.45, 2.75) is 43.9 Å². The van der Waals surface area contributed by atoms with E-state index in [2.05, 4.69) is 30.1 Å².